The SMILES string of the molecule is O=C(c1sccc1Cl)N1CCCC(CO)C1. The number of hydrogen-bond acceptors (Lipinski definition) is 3. The molecule has 2 rings (SSSR count). The Morgan fingerprint density at radius 2 is 2.50 bits per heavy atom. The summed E-state index contributed by atoms with van der Waals surface area (Å²) in [5.41, 5.74) is 0. The van der Waals surface area contributed by atoms with Crippen molar-refractivity contribution in [2.45, 2.75) is 12.8 Å². The van der Waals surface area contributed by atoms with Gasteiger partial charge in [-0.3, -0.25) is 4.79 Å². The molecule has 1 aromatic rings. The molecule has 0 radical (unpaired) electrons. The third-order valence-corrected chi connectivity index (χ3v) is 4.21. The summed E-state index contributed by atoms with van der Waals surface area (Å²) >= 11 is 7.31. The second-order valence-electron chi connectivity index (χ2n) is 4.04. The van der Waals surface area contributed by atoms with Crippen LogP contribution in [-0.2, 0) is 0 Å². The molecule has 1 saturated heterocycles. The van der Waals surface area contributed by atoms with E-state index in [1.807, 2.05) is 5.38 Å². The van der Waals surface area contributed by atoms with E-state index in [2.05, 4.69) is 0 Å². The van der Waals surface area contributed by atoms with Gasteiger partial charge in [-0.1, -0.05) is 11.6 Å². The number of aliphatic hydroxyl groups is 1. The van der Waals surface area contributed by atoms with Crippen LogP contribution in [0.1, 0.15) is 22.5 Å². The van der Waals surface area contributed by atoms with E-state index in [-0.39, 0.29) is 18.4 Å². The van der Waals surface area contributed by atoms with E-state index in [1.165, 1.54) is 11.3 Å². The molecule has 5 heteroatoms. The van der Waals surface area contributed by atoms with Crippen LogP contribution >= 0.6 is 22.9 Å². The van der Waals surface area contributed by atoms with Crippen molar-refractivity contribution in [2.75, 3.05) is 19.7 Å². The van der Waals surface area contributed by atoms with Crippen molar-refractivity contribution in [1.29, 1.82) is 0 Å². The standard InChI is InChI=1S/C11H14ClNO2S/c12-9-3-5-16-10(9)11(15)13-4-1-2-8(6-13)7-14/h3,5,8,14H,1-2,4,6-7H2. The number of thiophene rings is 1. The van der Waals surface area contributed by atoms with Gasteiger partial charge in [0.05, 0.1) is 5.02 Å². The van der Waals surface area contributed by atoms with Crippen LogP contribution in [0.5, 0.6) is 0 Å². The van der Waals surface area contributed by atoms with E-state index in [1.54, 1.807) is 11.0 Å². The zero-order valence-electron chi connectivity index (χ0n) is 8.86. The molecular formula is C11H14ClNO2S. The number of rotatable bonds is 2. The van der Waals surface area contributed by atoms with Crippen molar-refractivity contribution >= 4 is 28.8 Å². The topological polar surface area (TPSA) is 40.5 Å². The zero-order chi connectivity index (χ0) is 11.5. The van der Waals surface area contributed by atoms with Gasteiger partial charge in [0.25, 0.3) is 5.91 Å². The lowest BCUT2D eigenvalue weighted by Crippen LogP contribution is -2.40. The van der Waals surface area contributed by atoms with Gasteiger partial charge < -0.3 is 10.0 Å². The number of nitrogens with zero attached hydrogens (tertiary/aromatic N) is 1. The molecule has 2 heterocycles. The number of halogens is 1. The molecule has 1 N–H and O–H groups in total. The number of hydrogen-bond donors (Lipinski definition) is 1. The van der Waals surface area contributed by atoms with Crippen LogP contribution < -0.4 is 0 Å². The van der Waals surface area contributed by atoms with Crippen molar-refractivity contribution in [3.8, 4) is 0 Å². The van der Waals surface area contributed by atoms with Gasteiger partial charge in [0.15, 0.2) is 0 Å². The second-order valence-corrected chi connectivity index (χ2v) is 5.36. The minimum absolute atomic E-state index is 0.00171. The van der Waals surface area contributed by atoms with Crippen molar-refractivity contribution in [1.82, 2.24) is 4.90 Å². The maximum Gasteiger partial charge on any atom is 0.265 e. The molecule has 0 aromatic carbocycles. The van der Waals surface area contributed by atoms with Gasteiger partial charge in [-0.25, -0.2) is 0 Å². The zero-order valence-corrected chi connectivity index (χ0v) is 10.4. The van der Waals surface area contributed by atoms with Gasteiger partial charge >= 0.3 is 0 Å². The average molecular weight is 260 g/mol. The summed E-state index contributed by atoms with van der Waals surface area (Å²) in [6, 6.07) is 1.74. The fourth-order valence-electron chi connectivity index (χ4n) is 1.99. The lowest BCUT2D eigenvalue weighted by atomic mass is 9.99. The molecule has 1 aliphatic heterocycles. The normalized spacial score (nSPS) is 21.1. The van der Waals surface area contributed by atoms with Crippen LogP contribution in [0, 0.1) is 5.92 Å². The summed E-state index contributed by atoms with van der Waals surface area (Å²) in [5, 5.41) is 11.5. The van der Waals surface area contributed by atoms with Crippen LogP contribution in [0.3, 0.4) is 0 Å². The Kier molecular flexibility index (Phi) is 3.84. The van der Waals surface area contributed by atoms with E-state index in [9.17, 15) is 4.79 Å². The molecule has 1 unspecified atom stereocenters. The summed E-state index contributed by atoms with van der Waals surface area (Å²) in [7, 11) is 0. The van der Waals surface area contributed by atoms with Gasteiger partial charge in [-0.15, -0.1) is 11.3 Å². The number of aliphatic hydroxyl groups excluding tert-OH is 1. The first kappa shape index (κ1) is 11.9. The van der Waals surface area contributed by atoms with Gasteiger partial charge in [-0.05, 0) is 30.2 Å². The Labute approximate surface area is 104 Å². The van der Waals surface area contributed by atoms with Crippen LogP contribution in [-0.4, -0.2) is 35.6 Å². The van der Waals surface area contributed by atoms with Crippen molar-refractivity contribution in [3.05, 3.63) is 21.3 Å². The quantitative estimate of drug-likeness (QED) is 0.885. The Bertz CT molecular complexity index is 380. The molecule has 1 amide bonds. The lowest BCUT2D eigenvalue weighted by Gasteiger charge is -2.31. The first-order valence-corrected chi connectivity index (χ1v) is 6.61. The fourth-order valence-corrected chi connectivity index (χ4v) is 3.09. The smallest absolute Gasteiger partial charge is 0.265 e. The van der Waals surface area contributed by atoms with E-state index in [0.717, 1.165) is 19.4 Å². The highest BCUT2D eigenvalue weighted by atomic mass is 35.5. The Balaban J connectivity index is 2.07. The molecule has 1 atom stereocenters. The van der Waals surface area contributed by atoms with E-state index in [0.29, 0.717) is 16.4 Å². The molecule has 16 heavy (non-hydrogen) atoms. The summed E-state index contributed by atoms with van der Waals surface area (Å²) in [5.74, 6) is 0.217. The van der Waals surface area contributed by atoms with Gasteiger partial charge in [0.1, 0.15) is 4.88 Å². The molecule has 1 aliphatic rings. The number of carbonyl (C=O) groups is 1. The molecule has 0 aliphatic carbocycles. The number of likely N-dealkylation sites (tertiary alicyclic amines) is 1. The van der Waals surface area contributed by atoms with E-state index < -0.39 is 0 Å². The number of carbonyl (C=O) groups excluding carboxylic acids is 1. The van der Waals surface area contributed by atoms with E-state index in [4.69, 9.17) is 16.7 Å². The summed E-state index contributed by atoms with van der Waals surface area (Å²) in [4.78, 5) is 14.5. The molecule has 3 nitrogen and oxygen atoms in total. The van der Waals surface area contributed by atoms with Crippen molar-refractivity contribution in [2.24, 2.45) is 5.92 Å². The molecule has 0 bridgehead atoms. The van der Waals surface area contributed by atoms with Gasteiger partial charge in [-0.2, -0.15) is 0 Å². The summed E-state index contributed by atoms with van der Waals surface area (Å²) < 4.78 is 0. The van der Waals surface area contributed by atoms with Crippen LogP contribution in [0.4, 0.5) is 0 Å². The van der Waals surface area contributed by atoms with Crippen LogP contribution in [0.2, 0.25) is 5.02 Å². The summed E-state index contributed by atoms with van der Waals surface area (Å²) in [6.07, 6.45) is 1.96. The first-order chi connectivity index (χ1) is 7.72. The van der Waals surface area contributed by atoms with Crippen LogP contribution in [0.25, 0.3) is 0 Å². The number of amides is 1. The van der Waals surface area contributed by atoms with Gasteiger partial charge in [0, 0.05) is 19.7 Å². The average Bonchev–Trinajstić information content (AvgIpc) is 2.74. The Morgan fingerprint density at radius 3 is 3.12 bits per heavy atom. The Morgan fingerprint density at radius 1 is 1.69 bits per heavy atom. The molecular weight excluding hydrogens is 246 g/mol. The molecule has 1 aromatic heterocycles. The largest absolute Gasteiger partial charge is 0.396 e. The third-order valence-electron chi connectivity index (χ3n) is 2.88. The van der Waals surface area contributed by atoms with Crippen LogP contribution in [0.15, 0.2) is 11.4 Å². The highest BCUT2D eigenvalue weighted by molar-refractivity contribution is 7.12. The Hall–Kier alpha value is -0.580. The van der Waals surface area contributed by atoms with Crippen molar-refractivity contribution in [3.63, 3.8) is 0 Å². The fraction of sp³-hybridized carbons (Fsp3) is 0.545. The highest BCUT2D eigenvalue weighted by Gasteiger charge is 2.25. The maximum absolute atomic E-state index is 12.1. The first-order valence-electron chi connectivity index (χ1n) is 5.35. The highest BCUT2D eigenvalue weighted by Crippen LogP contribution is 2.26. The number of piperidine rings is 1. The van der Waals surface area contributed by atoms with E-state index >= 15 is 0 Å². The maximum atomic E-state index is 12.1. The summed E-state index contributed by atoms with van der Waals surface area (Å²) in [6.45, 7) is 1.56. The predicted octanol–water partition coefficient (Wildman–Crippen LogP) is 2.25. The third kappa shape index (κ3) is 2.39. The van der Waals surface area contributed by atoms with Gasteiger partial charge in [0.2, 0.25) is 0 Å². The minimum atomic E-state index is -0.00171. The molecule has 0 saturated carbocycles. The molecule has 88 valence electrons. The molecule has 1 fully saturated rings. The lowest BCUT2D eigenvalue weighted by molar-refractivity contribution is 0.0625. The second kappa shape index (κ2) is 5.17. The monoisotopic (exact) mass is 259 g/mol. The predicted molar refractivity (Wildman–Crippen MR) is 65.0 cm³/mol. The minimum Gasteiger partial charge on any atom is -0.396 e. The molecule has 0 spiro atoms. The van der Waals surface area contributed by atoms with Crippen molar-refractivity contribution < 1.29 is 9.90 Å².